The van der Waals surface area contributed by atoms with Crippen molar-refractivity contribution in [2.45, 2.75) is 10.1 Å². The molecule has 0 aliphatic carbocycles. The molecule has 0 amide bonds. The van der Waals surface area contributed by atoms with E-state index in [1.165, 1.54) is 4.88 Å². The predicted octanol–water partition coefficient (Wildman–Crippen LogP) is 4.96. The fourth-order valence-corrected chi connectivity index (χ4v) is 4.39. The van der Waals surface area contributed by atoms with Crippen molar-refractivity contribution in [2.24, 2.45) is 5.73 Å². The number of hydrogen-bond acceptors (Lipinski definition) is 3. The van der Waals surface area contributed by atoms with Gasteiger partial charge >= 0.3 is 0 Å². The maximum absolute atomic E-state index is 5.97. The highest BCUT2D eigenvalue weighted by Gasteiger charge is 2.13. The third-order valence-electron chi connectivity index (χ3n) is 2.19. The van der Waals surface area contributed by atoms with Crippen molar-refractivity contribution in [3.05, 3.63) is 50.1 Å². The number of hydrogen-bond donors (Lipinski definition) is 1. The summed E-state index contributed by atoms with van der Waals surface area (Å²) < 4.78 is 1.11. The molecule has 0 radical (unpaired) electrons. The standard InChI is InChI=1S/C12H11BrClNS2/c13-8-4-11(16-7-8)12(6-15)17-10-3-1-2-9(14)5-10/h1-5,7,12H,6,15H2. The van der Waals surface area contributed by atoms with Crippen molar-refractivity contribution in [2.75, 3.05) is 6.54 Å². The molecule has 0 aliphatic rings. The number of nitrogens with two attached hydrogens (primary N) is 1. The highest BCUT2D eigenvalue weighted by Crippen LogP contribution is 2.38. The minimum Gasteiger partial charge on any atom is -0.329 e. The second-order valence-corrected chi connectivity index (χ2v) is 7.04. The van der Waals surface area contributed by atoms with Crippen LogP contribution in [0.1, 0.15) is 10.1 Å². The first kappa shape index (κ1) is 13.4. The van der Waals surface area contributed by atoms with Crippen molar-refractivity contribution < 1.29 is 0 Å². The first-order valence-electron chi connectivity index (χ1n) is 5.05. The third-order valence-corrected chi connectivity index (χ3v) is 5.64. The molecule has 0 aliphatic heterocycles. The summed E-state index contributed by atoms with van der Waals surface area (Å²) in [5.41, 5.74) is 5.84. The molecule has 1 aromatic heterocycles. The van der Waals surface area contributed by atoms with Crippen molar-refractivity contribution in [1.82, 2.24) is 0 Å². The molecule has 1 nitrogen and oxygen atoms in total. The number of rotatable bonds is 4. The first-order chi connectivity index (χ1) is 8.19. The van der Waals surface area contributed by atoms with Crippen LogP contribution < -0.4 is 5.73 Å². The molecule has 0 bridgehead atoms. The lowest BCUT2D eigenvalue weighted by Crippen LogP contribution is -2.07. The monoisotopic (exact) mass is 347 g/mol. The van der Waals surface area contributed by atoms with Gasteiger partial charge in [-0.25, -0.2) is 0 Å². The molecule has 2 rings (SSSR count). The van der Waals surface area contributed by atoms with E-state index in [1.54, 1.807) is 23.1 Å². The largest absolute Gasteiger partial charge is 0.329 e. The fourth-order valence-electron chi connectivity index (χ4n) is 1.42. The van der Waals surface area contributed by atoms with Crippen LogP contribution in [-0.4, -0.2) is 6.54 Å². The maximum atomic E-state index is 5.97. The summed E-state index contributed by atoms with van der Waals surface area (Å²) in [6.07, 6.45) is 0. The van der Waals surface area contributed by atoms with Gasteiger partial charge in [0.15, 0.2) is 0 Å². The van der Waals surface area contributed by atoms with Gasteiger partial charge in [-0.05, 0) is 40.2 Å². The number of thiophene rings is 1. The zero-order valence-corrected chi connectivity index (χ0v) is 12.9. The van der Waals surface area contributed by atoms with Gasteiger partial charge in [-0.2, -0.15) is 0 Å². The molecular weight excluding hydrogens is 338 g/mol. The SMILES string of the molecule is NCC(Sc1cccc(Cl)c1)c1cc(Br)cs1. The van der Waals surface area contributed by atoms with Crippen molar-refractivity contribution >= 4 is 50.6 Å². The minimum atomic E-state index is 0.282. The van der Waals surface area contributed by atoms with E-state index in [0.717, 1.165) is 14.4 Å². The first-order valence-corrected chi connectivity index (χ1v) is 7.98. The van der Waals surface area contributed by atoms with Crippen LogP contribution in [0.2, 0.25) is 5.02 Å². The Bertz CT molecular complexity index is 501. The highest BCUT2D eigenvalue weighted by molar-refractivity contribution is 9.10. The van der Waals surface area contributed by atoms with Crippen LogP contribution in [0.5, 0.6) is 0 Å². The lowest BCUT2D eigenvalue weighted by Gasteiger charge is -2.12. The summed E-state index contributed by atoms with van der Waals surface area (Å²) in [4.78, 5) is 2.43. The molecular formula is C12H11BrClNS2. The molecule has 17 heavy (non-hydrogen) atoms. The second kappa shape index (κ2) is 6.25. The van der Waals surface area contributed by atoms with Gasteiger partial charge in [0, 0.05) is 31.2 Å². The lowest BCUT2D eigenvalue weighted by molar-refractivity contribution is 0.960. The Hall–Kier alpha value is -0.0000000000000000833. The van der Waals surface area contributed by atoms with Crippen molar-refractivity contribution in [3.63, 3.8) is 0 Å². The summed E-state index contributed by atoms with van der Waals surface area (Å²) in [5, 5.41) is 3.12. The van der Waals surface area contributed by atoms with Gasteiger partial charge in [0.25, 0.3) is 0 Å². The van der Waals surface area contributed by atoms with Gasteiger partial charge in [-0.15, -0.1) is 23.1 Å². The van der Waals surface area contributed by atoms with Gasteiger partial charge < -0.3 is 5.73 Å². The summed E-state index contributed by atoms with van der Waals surface area (Å²) >= 11 is 12.9. The van der Waals surface area contributed by atoms with Gasteiger partial charge in [-0.3, -0.25) is 0 Å². The summed E-state index contributed by atoms with van der Waals surface area (Å²) in [6.45, 7) is 0.615. The Balaban J connectivity index is 2.15. The Morgan fingerprint density at radius 1 is 1.41 bits per heavy atom. The third kappa shape index (κ3) is 3.73. The van der Waals surface area contributed by atoms with E-state index in [2.05, 4.69) is 33.4 Å². The highest BCUT2D eigenvalue weighted by atomic mass is 79.9. The average Bonchev–Trinajstić information content (AvgIpc) is 2.73. The molecule has 1 heterocycles. The smallest absolute Gasteiger partial charge is 0.0561 e. The van der Waals surface area contributed by atoms with E-state index in [1.807, 2.05) is 18.2 Å². The molecule has 90 valence electrons. The van der Waals surface area contributed by atoms with Crippen LogP contribution in [0.3, 0.4) is 0 Å². The molecule has 2 aromatic rings. The van der Waals surface area contributed by atoms with E-state index >= 15 is 0 Å². The lowest BCUT2D eigenvalue weighted by atomic mass is 10.3. The van der Waals surface area contributed by atoms with E-state index in [-0.39, 0.29) is 5.25 Å². The topological polar surface area (TPSA) is 26.0 Å². The Morgan fingerprint density at radius 2 is 2.24 bits per heavy atom. The van der Waals surface area contributed by atoms with E-state index < -0.39 is 0 Å². The van der Waals surface area contributed by atoms with Crippen molar-refractivity contribution in [1.29, 1.82) is 0 Å². The Morgan fingerprint density at radius 3 is 2.82 bits per heavy atom. The van der Waals surface area contributed by atoms with Crippen LogP contribution in [0, 0.1) is 0 Å². The quantitative estimate of drug-likeness (QED) is 0.791. The summed E-state index contributed by atoms with van der Waals surface area (Å²) in [5.74, 6) is 0. The number of benzene rings is 1. The second-order valence-electron chi connectivity index (χ2n) is 3.47. The molecule has 0 fully saturated rings. The van der Waals surface area contributed by atoms with E-state index in [4.69, 9.17) is 17.3 Å². The van der Waals surface area contributed by atoms with Gasteiger partial charge in [-0.1, -0.05) is 17.7 Å². The summed E-state index contributed by atoms with van der Waals surface area (Å²) in [7, 11) is 0. The predicted molar refractivity (Wildman–Crippen MR) is 81.1 cm³/mol. The van der Waals surface area contributed by atoms with Crippen LogP contribution in [0.4, 0.5) is 0 Å². The molecule has 0 spiro atoms. The van der Waals surface area contributed by atoms with Gasteiger partial charge in [0.05, 0.1) is 5.25 Å². The van der Waals surface area contributed by atoms with Crippen molar-refractivity contribution in [3.8, 4) is 0 Å². The maximum Gasteiger partial charge on any atom is 0.0561 e. The molecule has 0 saturated heterocycles. The van der Waals surface area contributed by atoms with E-state index in [0.29, 0.717) is 6.54 Å². The van der Waals surface area contributed by atoms with E-state index in [9.17, 15) is 0 Å². The van der Waals surface area contributed by atoms with Crippen LogP contribution >= 0.6 is 50.6 Å². The van der Waals surface area contributed by atoms with Crippen LogP contribution in [0.25, 0.3) is 0 Å². The van der Waals surface area contributed by atoms with Gasteiger partial charge in [0.2, 0.25) is 0 Å². The fraction of sp³-hybridized carbons (Fsp3) is 0.167. The number of thioether (sulfide) groups is 1. The zero-order valence-electron chi connectivity index (χ0n) is 8.90. The zero-order chi connectivity index (χ0) is 12.3. The Kier molecular flexibility index (Phi) is 4.94. The average molecular weight is 349 g/mol. The molecule has 0 saturated carbocycles. The molecule has 5 heteroatoms. The molecule has 1 aromatic carbocycles. The van der Waals surface area contributed by atoms with Gasteiger partial charge in [0.1, 0.15) is 0 Å². The minimum absolute atomic E-state index is 0.282. The summed E-state index contributed by atoms with van der Waals surface area (Å²) in [6, 6.07) is 9.99. The van der Waals surface area contributed by atoms with Crippen LogP contribution in [0.15, 0.2) is 45.1 Å². The molecule has 1 unspecified atom stereocenters. The molecule has 2 N–H and O–H groups in total. The normalized spacial score (nSPS) is 12.6. The molecule has 1 atom stereocenters. The number of halogens is 2. The van der Waals surface area contributed by atoms with Crippen LogP contribution in [-0.2, 0) is 0 Å². The Labute approximate surface area is 122 Å².